The lowest BCUT2D eigenvalue weighted by Gasteiger charge is -2.12. The fourth-order valence-corrected chi connectivity index (χ4v) is 3.53. The van der Waals surface area contributed by atoms with Gasteiger partial charge in [-0.05, 0) is 36.4 Å². The number of hydrogen-bond acceptors (Lipinski definition) is 11. The third-order valence-electron chi connectivity index (χ3n) is 4.32. The summed E-state index contributed by atoms with van der Waals surface area (Å²) in [7, 11) is 4.61. The predicted octanol–water partition coefficient (Wildman–Crippen LogP) is 4.67. The summed E-state index contributed by atoms with van der Waals surface area (Å²) < 4.78 is 33.0. The number of halogens is 1. The number of hydrogen-bond donors (Lipinski definition) is 0. The van der Waals surface area contributed by atoms with E-state index in [1.165, 1.54) is 33.1 Å². The Hall–Kier alpha value is -3.44. The fourth-order valence-electron chi connectivity index (χ4n) is 2.79. The molecule has 172 valence electrons. The van der Waals surface area contributed by atoms with Crippen molar-refractivity contribution in [2.75, 3.05) is 21.3 Å². The molecule has 0 atom stereocenters. The number of benzene rings is 2. The standard InChI is InChI=1S/C21H19ClN4O6S/c1-27-15-8-12(9-16(28-2)19(15)29-3)20-25-24-18(31-20)11-33-21-26-23-17(32-21)10-30-14-6-4-13(22)5-7-14/h4-9H,10-11H2,1-3H3. The maximum Gasteiger partial charge on any atom is 0.277 e. The van der Waals surface area contributed by atoms with Gasteiger partial charge in [0.25, 0.3) is 11.1 Å². The van der Waals surface area contributed by atoms with Crippen LogP contribution in [0.25, 0.3) is 11.5 Å². The minimum Gasteiger partial charge on any atom is -0.493 e. The highest BCUT2D eigenvalue weighted by Crippen LogP contribution is 2.41. The summed E-state index contributed by atoms with van der Waals surface area (Å²) in [5.74, 6) is 3.49. The number of nitrogens with zero attached hydrogens (tertiary/aromatic N) is 4. The van der Waals surface area contributed by atoms with Crippen molar-refractivity contribution >= 4 is 23.4 Å². The van der Waals surface area contributed by atoms with Crippen LogP contribution >= 0.6 is 23.4 Å². The normalized spacial score (nSPS) is 10.8. The molecule has 0 saturated heterocycles. The van der Waals surface area contributed by atoms with E-state index >= 15 is 0 Å². The topological polar surface area (TPSA) is 115 Å². The molecule has 0 aliphatic heterocycles. The van der Waals surface area contributed by atoms with Gasteiger partial charge in [-0.3, -0.25) is 0 Å². The van der Waals surface area contributed by atoms with E-state index in [1.807, 2.05) is 0 Å². The van der Waals surface area contributed by atoms with E-state index in [0.29, 0.717) is 62.2 Å². The third kappa shape index (κ3) is 5.49. The molecule has 0 aliphatic carbocycles. The van der Waals surface area contributed by atoms with Crippen molar-refractivity contribution in [3.8, 4) is 34.5 Å². The van der Waals surface area contributed by atoms with Crippen LogP contribution in [0, 0.1) is 0 Å². The summed E-state index contributed by atoms with van der Waals surface area (Å²) in [5, 5.41) is 17.1. The molecule has 4 rings (SSSR count). The highest BCUT2D eigenvalue weighted by molar-refractivity contribution is 7.98. The van der Waals surface area contributed by atoms with Gasteiger partial charge >= 0.3 is 0 Å². The Bertz CT molecular complexity index is 1190. The first-order valence-electron chi connectivity index (χ1n) is 9.56. The van der Waals surface area contributed by atoms with Crippen LogP contribution in [0.1, 0.15) is 11.8 Å². The monoisotopic (exact) mass is 490 g/mol. The summed E-state index contributed by atoms with van der Waals surface area (Å²) in [6.45, 7) is 0.140. The molecule has 2 aromatic carbocycles. The van der Waals surface area contributed by atoms with Crippen LogP contribution < -0.4 is 18.9 Å². The van der Waals surface area contributed by atoms with Crippen molar-refractivity contribution < 1.29 is 27.8 Å². The molecule has 0 amide bonds. The maximum atomic E-state index is 5.86. The van der Waals surface area contributed by atoms with E-state index in [1.54, 1.807) is 36.4 Å². The van der Waals surface area contributed by atoms with E-state index in [4.69, 9.17) is 39.4 Å². The van der Waals surface area contributed by atoms with Crippen LogP contribution in [-0.2, 0) is 12.4 Å². The molecular weight excluding hydrogens is 472 g/mol. The molecule has 0 saturated carbocycles. The number of ether oxygens (including phenoxy) is 4. The molecule has 0 unspecified atom stereocenters. The average Bonchev–Trinajstić information content (AvgIpc) is 3.51. The van der Waals surface area contributed by atoms with Crippen molar-refractivity contribution in [2.24, 2.45) is 0 Å². The predicted molar refractivity (Wildman–Crippen MR) is 119 cm³/mol. The van der Waals surface area contributed by atoms with Crippen molar-refractivity contribution in [3.05, 3.63) is 53.2 Å². The second kappa shape index (κ2) is 10.5. The molecule has 0 radical (unpaired) electrons. The number of aromatic nitrogens is 4. The van der Waals surface area contributed by atoms with Gasteiger partial charge in [-0.1, -0.05) is 23.4 Å². The van der Waals surface area contributed by atoms with Gasteiger partial charge in [-0.2, -0.15) is 0 Å². The molecule has 12 heteroatoms. The lowest BCUT2D eigenvalue weighted by atomic mass is 10.2. The molecule has 4 aromatic rings. The van der Waals surface area contributed by atoms with Crippen molar-refractivity contribution in [2.45, 2.75) is 17.6 Å². The molecule has 33 heavy (non-hydrogen) atoms. The minimum atomic E-state index is 0.140. The van der Waals surface area contributed by atoms with Crippen LogP contribution in [0.3, 0.4) is 0 Å². The summed E-state index contributed by atoms with van der Waals surface area (Å²) in [5.41, 5.74) is 0.632. The highest BCUT2D eigenvalue weighted by atomic mass is 35.5. The van der Waals surface area contributed by atoms with Crippen molar-refractivity contribution in [1.82, 2.24) is 20.4 Å². The van der Waals surface area contributed by atoms with Gasteiger partial charge in [-0.25, -0.2) is 0 Å². The summed E-state index contributed by atoms with van der Waals surface area (Å²) in [6.07, 6.45) is 0. The lowest BCUT2D eigenvalue weighted by Crippen LogP contribution is -1.95. The van der Waals surface area contributed by atoms with Crippen LogP contribution in [0.2, 0.25) is 5.02 Å². The van der Waals surface area contributed by atoms with Gasteiger partial charge in [-0.15, -0.1) is 20.4 Å². The molecule has 0 N–H and O–H groups in total. The number of rotatable bonds is 10. The fraction of sp³-hybridized carbons (Fsp3) is 0.238. The largest absolute Gasteiger partial charge is 0.493 e. The van der Waals surface area contributed by atoms with E-state index in [-0.39, 0.29) is 6.61 Å². The Morgan fingerprint density at radius 2 is 1.55 bits per heavy atom. The Morgan fingerprint density at radius 1 is 0.848 bits per heavy atom. The zero-order chi connectivity index (χ0) is 23.2. The molecule has 10 nitrogen and oxygen atoms in total. The Morgan fingerprint density at radius 3 is 2.21 bits per heavy atom. The van der Waals surface area contributed by atoms with Crippen LogP contribution in [0.4, 0.5) is 0 Å². The van der Waals surface area contributed by atoms with E-state index in [2.05, 4.69) is 20.4 Å². The van der Waals surface area contributed by atoms with Gasteiger partial charge in [0, 0.05) is 10.6 Å². The van der Waals surface area contributed by atoms with E-state index in [9.17, 15) is 0 Å². The SMILES string of the molecule is COc1cc(-c2nnc(CSc3nnc(COc4ccc(Cl)cc4)o3)o2)cc(OC)c1OC. The Balaban J connectivity index is 1.37. The van der Waals surface area contributed by atoms with Crippen LogP contribution in [0.5, 0.6) is 23.0 Å². The number of thioether (sulfide) groups is 1. The third-order valence-corrected chi connectivity index (χ3v) is 5.38. The van der Waals surface area contributed by atoms with Crippen molar-refractivity contribution in [3.63, 3.8) is 0 Å². The molecule has 0 spiro atoms. The summed E-state index contributed by atoms with van der Waals surface area (Å²) >= 11 is 7.13. The summed E-state index contributed by atoms with van der Waals surface area (Å²) in [4.78, 5) is 0. The van der Waals surface area contributed by atoms with E-state index in [0.717, 1.165) is 0 Å². The molecule has 0 bridgehead atoms. The first-order chi connectivity index (χ1) is 16.1. The van der Waals surface area contributed by atoms with Crippen LogP contribution in [-0.4, -0.2) is 41.7 Å². The minimum absolute atomic E-state index is 0.140. The zero-order valence-electron chi connectivity index (χ0n) is 17.9. The van der Waals surface area contributed by atoms with Gasteiger partial charge in [0.2, 0.25) is 17.5 Å². The van der Waals surface area contributed by atoms with E-state index < -0.39 is 0 Å². The first-order valence-corrected chi connectivity index (χ1v) is 10.9. The molecule has 0 fully saturated rings. The molecule has 2 aromatic heterocycles. The quantitative estimate of drug-likeness (QED) is 0.289. The number of methoxy groups -OCH3 is 3. The Labute approximate surface area is 198 Å². The van der Waals surface area contributed by atoms with Crippen LogP contribution in [0.15, 0.2) is 50.5 Å². The van der Waals surface area contributed by atoms with Crippen molar-refractivity contribution in [1.29, 1.82) is 0 Å². The smallest absolute Gasteiger partial charge is 0.277 e. The zero-order valence-corrected chi connectivity index (χ0v) is 19.5. The maximum absolute atomic E-state index is 5.86. The van der Waals surface area contributed by atoms with Gasteiger partial charge in [0.15, 0.2) is 18.1 Å². The lowest BCUT2D eigenvalue weighted by molar-refractivity contribution is 0.252. The highest BCUT2D eigenvalue weighted by Gasteiger charge is 2.18. The molecule has 0 aliphatic rings. The van der Waals surface area contributed by atoms with Gasteiger partial charge < -0.3 is 27.8 Å². The Kier molecular flexibility index (Phi) is 7.20. The molecular formula is C21H19ClN4O6S. The van der Waals surface area contributed by atoms with Gasteiger partial charge in [0.05, 0.1) is 27.1 Å². The van der Waals surface area contributed by atoms with Gasteiger partial charge in [0.1, 0.15) is 5.75 Å². The summed E-state index contributed by atoms with van der Waals surface area (Å²) in [6, 6.07) is 10.5. The second-order valence-corrected chi connectivity index (χ2v) is 7.77. The molecule has 2 heterocycles. The average molecular weight is 491 g/mol. The first kappa shape index (κ1) is 22.7. The second-order valence-electron chi connectivity index (χ2n) is 6.41.